The molecule has 22 heavy (non-hydrogen) atoms. The summed E-state index contributed by atoms with van der Waals surface area (Å²) in [6.45, 7) is 0.657. The molecule has 0 unspecified atom stereocenters. The molecule has 1 aliphatic carbocycles. The molecule has 0 spiro atoms. The van der Waals surface area contributed by atoms with E-state index in [1.165, 1.54) is 6.07 Å². The van der Waals surface area contributed by atoms with Crippen molar-refractivity contribution in [2.45, 2.75) is 43.9 Å². The van der Waals surface area contributed by atoms with Crippen LogP contribution < -0.4 is 0 Å². The van der Waals surface area contributed by atoms with Crippen molar-refractivity contribution in [3.63, 3.8) is 0 Å². The van der Waals surface area contributed by atoms with E-state index in [0.29, 0.717) is 12.2 Å². The van der Waals surface area contributed by atoms with Gasteiger partial charge in [0.1, 0.15) is 0 Å². The lowest BCUT2D eigenvalue weighted by Gasteiger charge is -2.29. The molecule has 0 radical (unpaired) electrons. The second-order valence-corrected chi connectivity index (χ2v) is 6.24. The van der Waals surface area contributed by atoms with E-state index in [1.807, 2.05) is 0 Å². The third-order valence-corrected chi connectivity index (χ3v) is 4.37. The van der Waals surface area contributed by atoms with Crippen molar-refractivity contribution < 1.29 is 17.9 Å². The summed E-state index contributed by atoms with van der Waals surface area (Å²) in [4.78, 5) is 0. The van der Waals surface area contributed by atoms with Gasteiger partial charge < -0.3 is 4.74 Å². The van der Waals surface area contributed by atoms with Crippen LogP contribution in [-0.2, 0) is 10.9 Å². The molecule has 0 bridgehead atoms. The molecule has 1 fully saturated rings. The lowest BCUT2D eigenvalue weighted by molar-refractivity contribution is -0.137. The number of halogens is 4. The molecule has 0 saturated heterocycles. The van der Waals surface area contributed by atoms with Crippen LogP contribution in [0, 0.1) is 11.3 Å². The summed E-state index contributed by atoms with van der Waals surface area (Å²) >= 11 is 3.31. The van der Waals surface area contributed by atoms with Gasteiger partial charge in [-0.2, -0.15) is 18.4 Å². The minimum Gasteiger partial charge on any atom is -0.377 e. The van der Waals surface area contributed by atoms with Crippen LogP contribution >= 0.6 is 15.9 Å². The topological polar surface area (TPSA) is 33.0 Å². The van der Waals surface area contributed by atoms with E-state index in [4.69, 9.17) is 10.00 Å². The van der Waals surface area contributed by atoms with Gasteiger partial charge in [0.25, 0.3) is 0 Å². The molecule has 0 aromatic heterocycles. The zero-order chi connectivity index (χ0) is 16.2. The second-order valence-electron chi connectivity index (χ2n) is 5.45. The minimum atomic E-state index is -4.49. The molecular weight excluding hydrogens is 359 g/mol. The largest absolute Gasteiger partial charge is 0.417 e. The van der Waals surface area contributed by atoms with Crippen LogP contribution in [0.3, 0.4) is 0 Å². The summed E-state index contributed by atoms with van der Waals surface area (Å²) in [6.07, 6.45) is -0.934. The van der Waals surface area contributed by atoms with Crippen molar-refractivity contribution in [1.82, 2.24) is 0 Å². The number of hydrogen-bond acceptors (Lipinski definition) is 2. The zero-order valence-corrected chi connectivity index (χ0v) is 13.6. The fraction of sp³-hybridized carbons (Fsp3) is 0.562. The highest BCUT2D eigenvalue weighted by Crippen LogP contribution is 2.38. The predicted octanol–water partition coefficient (Wildman–Crippen LogP) is 5.01. The van der Waals surface area contributed by atoms with Crippen LogP contribution in [-0.4, -0.2) is 18.0 Å². The summed E-state index contributed by atoms with van der Waals surface area (Å²) in [7, 11) is 0. The van der Waals surface area contributed by atoms with Crippen molar-refractivity contribution in [2.24, 2.45) is 0 Å². The minimum absolute atomic E-state index is 0.109. The molecule has 0 atom stereocenters. The first-order chi connectivity index (χ1) is 10.5. The number of rotatable bonds is 4. The monoisotopic (exact) mass is 375 g/mol. The van der Waals surface area contributed by atoms with Crippen LogP contribution in [0.25, 0.3) is 0 Å². The summed E-state index contributed by atoms with van der Waals surface area (Å²) in [6, 6.07) is 5.69. The lowest BCUT2D eigenvalue weighted by Crippen LogP contribution is -2.22. The Balaban J connectivity index is 2.10. The number of alkyl halides is 4. The van der Waals surface area contributed by atoms with Gasteiger partial charge in [0.15, 0.2) is 0 Å². The highest BCUT2D eigenvalue weighted by Gasteiger charge is 2.34. The molecule has 0 N–H and O–H groups in total. The number of ether oxygens (including phenoxy) is 1. The molecule has 0 aliphatic heterocycles. The quantitative estimate of drug-likeness (QED) is 0.692. The van der Waals surface area contributed by atoms with E-state index in [9.17, 15) is 13.2 Å². The normalized spacial score (nSPS) is 22.3. The van der Waals surface area contributed by atoms with E-state index in [2.05, 4.69) is 15.9 Å². The Hall–Kier alpha value is -1.06. The van der Waals surface area contributed by atoms with E-state index in [-0.39, 0.29) is 17.6 Å². The maximum absolute atomic E-state index is 13.0. The van der Waals surface area contributed by atoms with Crippen LogP contribution in [0.4, 0.5) is 13.2 Å². The van der Waals surface area contributed by atoms with E-state index >= 15 is 0 Å². The molecular formula is C16H17BrF3NO. The van der Waals surface area contributed by atoms with E-state index in [1.54, 1.807) is 12.1 Å². The summed E-state index contributed by atoms with van der Waals surface area (Å²) in [5.74, 6) is 0.109. The highest BCUT2D eigenvalue weighted by atomic mass is 79.9. The Morgan fingerprint density at radius 1 is 1.23 bits per heavy atom. The van der Waals surface area contributed by atoms with Crippen LogP contribution in [0.15, 0.2) is 18.2 Å². The first-order valence-corrected chi connectivity index (χ1v) is 8.36. The molecule has 120 valence electrons. The Labute approximate surface area is 136 Å². The molecule has 1 aliphatic rings. The van der Waals surface area contributed by atoms with Crippen molar-refractivity contribution >= 4 is 15.9 Å². The van der Waals surface area contributed by atoms with Crippen LogP contribution in [0.5, 0.6) is 0 Å². The predicted molar refractivity (Wildman–Crippen MR) is 80.9 cm³/mol. The van der Waals surface area contributed by atoms with E-state index in [0.717, 1.165) is 37.1 Å². The van der Waals surface area contributed by atoms with Gasteiger partial charge >= 0.3 is 6.18 Å². The standard InChI is InChI=1S/C16H17BrF3NO/c17-7-8-22-14-5-3-11(4-6-14)12-1-2-13(10-21)15(9-12)16(18,19)20/h1-2,9,11,14H,3-8H2/t11-,14-. The first-order valence-electron chi connectivity index (χ1n) is 7.24. The molecule has 2 rings (SSSR count). The third kappa shape index (κ3) is 4.23. The number of nitrogens with zero attached hydrogens (tertiary/aromatic N) is 1. The summed E-state index contributed by atoms with van der Waals surface area (Å²) < 4.78 is 44.7. The van der Waals surface area contributed by atoms with Crippen molar-refractivity contribution in [1.29, 1.82) is 5.26 Å². The van der Waals surface area contributed by atoms with Gasteiger partial charge in [-0.05, 0) is 49.3 Å². The Morgan fingerprint density at radius 3 is 2.45 bits per heavy atom. The Bertz CT molecular complexity index is 545. The van der Waals surface area contributed by atoms with Gasteiger partial charge in [0.2, 0.25) is 0 Å². The fourth-order valence-electron chi connectivity index (χ4n) is 2.92. The number of benzene rings is 1. The fourth-order valence-corrected chi connectivity index (χ4v) is 3.11. The molecule has 0 heterocycles. The smallest absolute Gasteiger partial charge is 0.377 e. The lowest BCUT2D eigenvalue weighted by atomic mass is 9.82. The van der Waals surface area contributed by atoms with E-state index < -0.39 is 11.7 Å². The average Bonchev–Trinajstić information content (AvgIpc) is 2.52. The van der Waals surface area contributed by atoms with Gasteiger partial charge in [-0.15, -0.1) is 0 Å². The molecule has 1 aromatic rings. The van der Waals surface area contributed by atoms with Gasteiger partial charge in [-0.3, -0.25) is 0 Å². The molecule has 1 saturated carbocycles. The van der Waals surface area contributed by atoms with Gasteiger partial charge in [0.05, 0.1) is 29.9 Å². The summed E-state index contributed by atoms with van der Waals surface area (Å²) in [5, 5.41) is 9.62. The zero-order valence-electron chi connectivity index (χ0n) is 12.0. The number of nitriles is 1. The Kier molecular flexibility index (Phi) is 5.87. The van der Waals surface area contributed by atoms with Gasteiger partial charge in [-0.25, -0.2) is 0 Å². The maximum Gasteiger partial charge on any atom is 0.417 e. The maximum atomic E-state index is 13.0. The molecule has 0 amide bonds. The van der Waals surface area contributed by atoms with Crippen LogP contribution in [0.1, 0.15) is 48.3 Å². The first kappa shape index (κ1) is 17.3. The summed E-state index contributed by atoms with van der Waals surface area (Å²) in [5.41, 5.74) is -0.471. The van der Waals surface area contributed by atoms with Crippen molar-refractivity contribution in [3.8, 4) is 6.07 Å². The van der Waals surface area contributed by atoms with Crippen molar-refractivity contribution in [3.05, 3.63) is 34.9 Å². The average molecular weight is 376 g/mol. The Morgan fingerprint density at radius 2 is 1.91 bits per heavy atom. The molecule has 2 nitrogen and oxygen atoms in total. The van der Waals surface area contributed by atoms with Crippen LogP contribution in [0.2, 0.25) is 0 Å². The number of hydrogen-bond donors (Lipinski definition) is 0. The molecule has 1 aromatic carbocycles. The highest BCUT2D eigenvalue weighted by molar-refractivity contribution is 9.09. The third-order valence-electron chi connectivity index (χ3n) is 4.05. The van der Waals surface area contributed by atoms with Gasteiger partial charge in [0, 0.05) is 5.33 Å². The second kappa shape index (κ2) is 7.47. The molecule has 6 heteroatoms. The van der Waals surface area contributed by atoms with Gasteiger partial charge in [-0.1, -0.05) is 22.0 Å². The van der Waals surface area contributed by atoms with Crippen molar-refractivity contribution in [2.75, 3.05) is 11.9 Å². The SMILES string of the molecule is N#Cc1ccc([C@H]2CC[C@H](OCCBr)CC2)cc1C(F)(F)F.